The van der Waals surface area contributed by atoms with Gasteiger partial charge in [0.2, 0.25) is 5.91 Å². The van der Waals surface area contributed by atoms with Gasteiger partial charge >= 0.3 is 0 Å². The maximum Gasteiger partial charge on any atom is 0.246 e. The summed E-state index contributed by atoms with van der Waals surface area (Å²) in [5.41, 5.74) is 0.951. The Morgan fingerprint density at radius 3 is 3.05 bits per heavy atom. The highest BCUT2D eigenvalue weighted by Gasteiger charge is 2.20. The van der Waals surface area contributed by atoms with E-state index in [4.69, 9.17) is 0 Å². The first-order valence-corrected chi connectivity index (χ1v) is 7.99. The highest BCUT2D eigenvalue weighted by molar-refractivity contribution is 7.15. The standard InChI is InChI=1S/C15H19N3OS/c1-17(12-5-3-2-4-6-12)14(19)8-7-13-11-16-15-18(13)9-10-20-15/h7-12H,2-6H2,1H3/b8-7+. The maximum absolute atomic E-state index is 12.2. The van der Waals surface area contributed by atoms with Gasteiger partial charge in [-0.1, -0.05) is 19.3 Å². The number of hydrogen-bond donors (Lipinski definition) is 0. The molecule has 2 aromatic heterocycles. The molecule has 1 amide bonds. The summed E-state index contributed by atoms with van der Waals surface area (Å²) < 4.78 is 2.00. The van der Waals surface area contributed by atoms with Gasteiger partial charge in [-0.25, -0.2) is 4.98 Å². The molecule has 0 aliphatic heterocycles. The average molecular weight is 289 g/mol. The molecule has 0 atom stereocenters. The highest BCUT2D eigenvalue weighted by Crippen LogP contribution is 2.22. The first kappa shape index (κ1) is 13.4. The number of thiazole rings is 1. The fraction of sp³-hybridized carbons (Fsp3) is 0.467. The van der Waals surface area contributed by atoms with Crippen LogP contribution in [0.4, 0.5) is 0 Å². The second kappa shape index (κ2) is 5.79. The number of carbonyl (C=O) groups excluding carboxylic acids is 1. The number of imidazole rings is 1. The second-order valence-corrected chi connectivity index (χ2v) is 6.19. The maximum atomic E-state index is 12.2. The Morgan fingerprint density at radius 1 is 1.45 bits per heavy atom. The largest absolute Gasteiger partial charge is 0.339 e. The van der Waals surface area contributed by atoms with Crippen LogP contribution in [0.3, 0.4) is 0 Å². The van der Waals surface area contributed by atoms with E-state index >= 15 is 0 Å². The van der Waals surface area contributed by atoms with Gasteiger partial charge in [0.05, 0.1) is 11.9 Å². The molecule has 3 rings (SSSR count). The van der Waals surface area contributed by atoms with Gasteiger partial charge in [0.15, 0.2) is 4.96 Å². The van der Waals surface area contributed by atoms with Crippen molar-refractivity contribution in [3.8, 4) is 0 Å². The van der Waals surface area contributed by atoms with Crippen LogP contribution in [0.25, 0.3) is 11.0 Å². The average Bonchev–Trinajstić information content (AvgIpc) is 3.08. The number of hydrogen-bond acceptors (Lipinski definition) is 3. The van der Waals surface area contributed by atoms with Crippen molar-refractivity contribution in [3.63, 3.8) is 0 Å². The Morgan fingerprint density at radius 2 is 2.25 bits per heavy atom. The molecule has 1 aliphatic rings. The number of aromatic nitrogens is 2. The Bertz CT molecular complexity index is 622. The van der Waals surface area contributed by atoms with Crippen LogP contribution in [0, 0.1) is 0 Å². The van der Waals surface area contributed by atoms with E-state index in [1.165, 1.54) is 19.3 Å². The second-order valence-electron chi connectivity index (χ2n) is 5.31. The number of fused-ring (bicyclic) bond motifs is 1. The van der Waals surface area contributed by atoms with E-state index in [-0.39, 0.29) is 5.91 Å². The molecule has 0 saturated heterocycles. The molecular weight excluding hydrogens is 270 g/mol. The van der Waals surface area contributed by atoms with Crippen molar-refractivity contribution in [1.29, 1.82) is 0 Å². The molecule has 0 spiro atoms. The molecule has 1 aliphatic carbocycles. The molecular formula is C15H19N3OS. The van der Waals surface area contributed by atoms with Crippen molar-refractivity contribution < 1.29 is 4.79 Å². The van der Waals surface area contributed by atoms with Gasteiger partial charge in [-0.05, 0) is 18.9 Å². The van der Waals surface area contributed by atoms with Crippen LogP contribution in [-0.2, 0) is 4.79 Å². The van der Waals surface area contributed by atoms with Crippen LogP contribution in [0.2, 0.25) is 0 Å². The summed E-state index contributed by atoms with van der Waals surface area (Å²) >= 11 is 1.59. The minimum absolute atomic E-state index is 0.0853. The van der Waals surface area contributed by atoms with Crippen LogP contribution in [0.15, 0.2) is 23.8 Å². The van der Waals surface area contributed by atoms with Gasteiger partial charge in [0, 0.05) is 30.7 Å². The zero-order chi connectivity index (χ0) is 13.9. The van der Waals surface area contributed by atoms with E-state index in [9.17, 15) is 4.79 Å². The molecule has 0 bridgehead atoms. The predicted octanol–water partition coefficient (Wildman–Crippen LogP) is 3.20. The van der Waals surface area contributed by atoms with Gasteiger partial charge in [-0.15, -0.1) is 11.3 Å². The molecule has 0 unspecified atom stereocenters. The molecule has 0 aromatic carbocycles. The van der Waals surface area contributed by atoms with Crippen molar-refractivity contribution in [3.05, 3.63) is 29.5 Å². The van der Waals surface area contributed by atoms with E-state index < -0.39 is 0 Å². The van der Waals surface area contributed by atoms with Crippen molar-refractivity contribution in [2.24, 2.45) is 0 Å². The van der Waals surface area contributed by atoms with Crippen LogP contribution in [-0.4, -0.2) is 33.3 Å². The topological polar surface area (TPSA) is 37.6 Å². The number of likely N-dealkylation sites (N-methyl/N-ethyl adjacent to an activating group) is 1. The predicted molar refractivity (Wildman–Crippen MR) is 81.7 cm³/mol. The summed E-state index contributed by atoms with van der Waals surface area (Å²) in [5.74, 6) is 0.0853. The van der Waals surface area contributed by atoms with Gasteiger partial charge in [0.1, 0.15) is 0 Å². The minimum atomic E-state index is 0.0853. The van der Waals surface area contributed by atoms with E-state index in [0.29, 0.717) is 6.04 Å². The molecule has 0 radical (unpaired) electrons. The van der Waals surface area contributed by atoms with Gasteiger partial charge in [-0.3, -0.25) is 9.20 Å². The zero-order valence-electron chi connectivity index (χ0n) is 11.7. The third-order valence-electron chi connectivity index (χ3n) is 4.04. The van der Waals surface area contributed by atoms with Gasteiger partial charge in [-0.2, -0.15) is 0 Å². The van der Waals surface area contributed by atoms with E-state index in [1.54, 1.807) is 23.6 Å². The third kappa shape index (κ3) is 2.63. The first-order chi connectivity index (χ1) is 9.75. The molecule has 4 nitrogen and oxygen atoms in total. The minimum Gasteiger partial charge on any atom is -0.339 e. The van der Waals surface area contributed by atoms with Gasteiger partial charge in [0.25, 0.3) is 0 Å². The Kier molecular flexibility index (Phi) is 3.87. The summed E-state index contributed by atoms with van der Waals surface area (Å²) in [6.45, 7) is 0. The molecule has 1 fully saturated rings. The molecule has 20 heavy (non-hydrogen) atoms. The number of nitrogens with zero attached hydrogens (tertiary/aromatic N) is 3. The van der Waals surface area contributed by atoms with Crippen LogP contribution < -0.4 is 0 Å². The quantitative estimate of drug-likeness (QED) is 0.814. The van der Waals surface area contributed by atoms with Crippen LogP contribution >= 0.6 is 11.3 Å². The fourth-order valence-electron chi connectivity index (χ4n) is 2.79. The molecule has 106 valence electrons. The molecule has 2 aromatic rings. The van der Waals surface area contributed by atoms with Crippen molar-refractivity contribution in [2.75, 3.05) is 7.05 Å². The van der Waals surface area contributed by atoms with Crippen molar-refractivity contribution >= 4 is 28.3 Å². The highest BCUT2D eigenvalue weighted by atomic mass is 32.1. The molecule has 2 heterocycles. The van der Waals surface area contributed by atoms with Crippen molar-refractivity contribution in [1.82, 2.24) is 14.3 Å². The Labute approximate surface area is 122 Å². The third-order valence-corrected chi connectivity index (χ3v) is 4.81. The zero-order valence-corrected chi connectivity index (χ0v) is 12.5. The van der Waals surface area contributed by atoms with Gasteiger partial charge < -0.3 is 4.90 Å². The van der Waals surface area contributed by atoms with E-state index in [0.717, 1.165) is 23.5 Å². The lowest BCUT2D eigenvalue weighted by atomic mass is 9.94. The smallest absolute Gasteiger partial charge is 0.246 e. The fourth-order valence-corrected chi connectivity index (χ4v) is 3.49. The van der Waals surface area contributed by atoms with E-state index in [1.807, 2.05) is 34.0 Å². The van der Waals surface area contributed by atoms with Crippen molar-refractivity contribution in [2.45, 2.75) is 38.1 Å². The van der Waals surface area contributed by atoms with Crippen LogP contribution in [0.1, 0.15) is 37.8 Å². The molecule has 0 N–H and O–H groups in total. The summed E-state index contributed by atoms with van der Waals surface area (Å²) in [6, 6.07) is 0.410. The van der Waals surface area contributed by atoms with E-state index in [2.05, 4.69) is 4.98 Å². The number of amides is 1. The normalized spacial score (nSPS) is 17.1. The van der Waals surface area contributed by atoms with Crippen LogP contribution in [0.5, 0.6) is 0 Å². The Balaban J connectivity index is 1.68. The summed E-state index contributed by atoms with van der Waals surface area (Å²) in [6.07, 6.45) is 13.4. The summed E-state index contributed by atoms with van der Waals surface area (Å²) in [7, 11) is 1.92. The SMILES string of the molecule is CN(C(=O)/C=C/c1cnc2sccn12)C1CCCCC1. The lowest BCUT2D eigenvalue weighted by molar-refractivity contribution is -0.127. The lowest BCUT2D eigenvalue weighted by Gasteiger charge is -2.30. The first-order valence-electron chi connectivity index (χ1n) is 7.11. The summed E-state index contributed by atoms with van der Waals surface area (Å²) in [4.78, 5) is 19.4. The lowest BCUT2D eigenvalue weighted by Crippen LogP contribution is -2.37. The number of rotatable bonds is 3. The summed E-state index contributed by atoms with van der Waals surface area (Å²) in [5, 5.41) is 2.00. The molecule has 5 heteroatoms. The monoisotopic (exact) mass is 289 g/mol. The Hall–Kier alpha value is -1.62. The number of carbonyl (C=O) groups is 1. The molecule has 1 saturated carbocycles.